The molecule has 0 aromatic heterocycles. The third-order valence-corrected chi connectivity index (χ3v) is 3.86. The lowest BCUT2D eigenvalue weighted by atomic mass is 10.2. The lowest BCUT2D eigenvalue weighted by molar-refractivity contribution is -0.122. The zero-order valence-electron chi connectivity index (χ0n) is 10.8. The van der Waals surface area contributed by atoms with Crippen LogP contribution in [0.5, 0.6) is 0 Å². The van der Waals surface area contributed by atoms with Gasteiger partial charge in [-0.15, -0.1) is 0 Å². The molecule has 6 heteroatoms. The summed E-state index contributed by atoms with van der Waals surface area (Å²) in [7, 11) is 1.61. The molecule has 1 atom stereocenters. The average molecular weight is 277 g/mol. The van der Waals surface area contributed by atoms with Crippen LogP contribution >= 0.6 is 11.8 Å². The first-order valence-corrected chi connectivity index (χ1v) is 6.77. The van der Waals surface area contributed by atoms with Gasteiger partial charge in [0.1, 0.15) is 5.25 Å². The number of nitrogens with zero attached hydrogens (tertiary/aromatic N) is 1. The van der Waals surface area contributed by atoms with E-state index < -0.39 is 5.25 Å². The summed E-state index contributed by atoms with van der Waals surface area (Å²) in [6, 6.07) is 7.53. The summed E-state index contributed by atoms with van der Waals surface area (Å²) in [4.78, 5) is 27.3. The van der Waals surface area contributed by atoms with Gasteiger partial charge in [-0.25, -0.2) is 0 Å². The molecule has 0 spiro atoms. The highest BCUT2D eigenvalue weighted by atomic mass is 32.2. The van der Waals surface area contributed by atoms with E-state index in [0.29, 0.717) is 5.17 Å². The fraction of sp³-hybridized carbons (Fsp3) is 0.308. The SMILES string of the molecule is CN=C1NC(=O)[C@H](CC(=O)Nc2ccc(C)cc2)S1. The molecule has 1 saturated heterocycles. The number of carbonyl (C=O) groups is 2. The molecule has 1 aliphatic heterocycles. The molecule has 1 heterocycles. The van der Waals surface area contributed by atoms with Gasteiger partial charge in [-0.1, -0.05) is 29.5 Å². The van der Waals surface area contributed by atoms with Crippen molar-refractivity contribution in [1.29, 1.82) is 0 Å². The van der Waals surface area contributed by atoms with Crippen LogP contribution in [0.25, 0.3) is 0 Å². The number of rotatable bonds is 3. The number of carbonyl (C=O) groups excluding carboxylic acids is 2. The first kappa shape index (κ1) is 13.6. The average Bonchev–Trinajstić information content (AvgIpc) is 2.73. The highest BCUT2D eigenvalue weighted by molar-refractivity contribution is 8.15. The number of thioether (sulfide) groups is 1. The second-order valence-electron chi connectivity index (χ2n) is 4.24. The Labute approximate surface area is 115 Å². The van der Waals surface area contributed by atoms with Crippen molar-refractivity contribution in [3.05, 3.63) is 29.8 Å². The van der Waals surface area contributed by atoms with Crippen LogP contribution in [0.4, 0.5) is 5.69 Å². The predicted molar refractivity (Wildman–Crippen MR) is 77.3 cm³/mol. The summed E-state index contributed by atoms with van der Waals surface area (Å²) in [5.74, 6) is -0.335. The molecule has 19 heavy (non-hydrogen) atoms. The van der Waals surface area contributed by atoms with Crippen LogP contribution in [0.15, 0.2) is 29.3 Å². The summed E-state index contributed by atoms with van der Waals surface area (Å²) in [6.07, 6.45) is 0.142. The van der Waals surface area contributed by atoms with Crippen LogP contribution in [0.3, 0.4) is 0 Å². The Hall–Kier alpha value is -1.82. The molecular weight excluding hydrogens is 262 g/mol. The highest BCUT2D eigenvalue weighted by Crippen LogP contribution is 2.22. The molecule has 100 valence electrons. The van der Waals surface area contributed by atoms with Crippen LogP contribution in [-0.2, 0) is 9.59 Å². The molecule has 5 nitrogen and oxygen atoms in total. The smallest absolute Gasteiger partial charge is 0.240 e. The van der Waals surface area contributed by atoms with Crippen molar-refractivity contribution in [2.45, 2.75) is 18.6 Å². The molecule has 1 aliphatic rings. The van der Waals surface area contributed by atoms with Gasteiger partial charge >= 0.3 is 0 Å². The van der Waals surface area contributed by atoms with E-state index in [0.717, 1.165) is 11.3 Å². The largest absolute Gasteiger partial charge is 0.326 e. The second-order valence-corrected chi connectivity index (χ2v) is 5.43. The van der Waals surface area contributed by atoms with Crippen molar-refractivity contribution in [3.63, 3.8) is 0 Å². The Morgan fingerprint density at radius 3 is 2.68 bits per heavy atom. The summed E-state index contributed by atoms with van der Waals surface area (Å²) in [6.45, 7) is 1.98. The van der Waals surface area contributed by atoms with Gasteiger partial charge in [0.2, 0.25) is 11.8 Å². The van der Waals surface area contributed by atoms with Gasteiger partial charge in [-0.2, -0.15) is 0 Å². The van der Waals surface area contributed by atoms with Crippen molar-refractivity contribution in [2.75, 3.05) is 12.4 Å². The Balaban J connectivity index is 1.91. The molecule has 2 rings (SSSR count). The van der Waals surface area contributed by atoms with Crippen molar-refractivity contribution < 1.29 is 9.59 Å². The number of amides is 2. The Kier molecular flexibility index (Phi) is 4.21. The number of hydrogen-bond donors (Lipinski definition) is 2. The topological polar surface area (TPSA) is 70.6 Å². The van der Waals surface area contributed by atoms with Gasteiger partial charge in [0.15, 0.2) is 5.17 Å². The van der Waals surface area contributed by atoms with Crippen LogP contribution in [-0.4, -0.2) is 29.3 Å². The van der Waals surface area contributed by atoms with Crippen molar-refractivity contribution in [1.82, 2.24) is 5.32 Å². The molecule has 0 unspecified atom stereocenters. The predicted octanol–water partition coefficient (Wildman–Crippen LogP) is 1.54. The zero-order valence-corrected chi connectivity index (χ0v) is 11.6. The van der Waals surface area contributed by atoms with E-state index in [1.165, 1.54) is 11.8 Å². The molecule has 2 amide bonds. The summed E-state index contributed by atoms with van der Waals surface area (Å²) >= 11 is 1.29. The van der Waals surface area contributed by atoms with E-state index in [9.17, 15) is 9.59 Å². The van der Waals surface area contributed by atoms with E-state index in [-0.39, 0.29) is 18.2 Å². The third-order valence-electron chi connectivity index (χ3n) is 2.69. The summed E-state index contributed by atoms with van der Waals surface area (Å²) < 4.78 is 0. The van der Waals surface area contributed by atoms with E-state index >= 15 is 0 Å². The van der Waals surface area contributed by atoms with E-state index in [1.54, 1.807) is 7.05 Å². The lowest BCUT2D eigenvalue weighted by Gasteiger charge is -2.07. The summed E-state index contributed by atoms with van der Waals surface area (Å²) in [5, 5.41) is 5.57. The van der Waals surface area contributed by atoms with Crippen LogP contribution in [0.1, 0.15) is 12.0 Å². The Morgan fingerprint density at radius 1 is 1.42 bits per heavy atom. The van der Waals surface area contributed by atoms with Gasteiger partial charge in [0.25, 0.3) is 0 Å². The molecule has 2 N–H and O–H groups in total. The number of aliphatic imine (C=N–C) groups is 1. The van der Waals surface area contributed by atoms with E-state index in [1.807, 2.05) is 31.2 Å². The molecular formula is C13H15N3O2S. The van der Waals surface area contributed by atoms with Crippen LogP contribution < -0.4 is 10.6 Å². The fourth-order valence-corrected chi connectivity index (χ4v) is 2.60. The number of benzene rings is 1. The van der Waals surface area contributed by atoms with Crippen molar-refractivity contribution in [3.8, 4) is 0 Å². The first-order valence-electron chi connectivity index (χ1n) is 5.89. The minimum atomic E-state index is -0.399. The lowest BCUT2D eigenvalue weighted by Crippen LogP contribution is -2.28. The zero-order chi connectivity index (χ0) is 13.8. The number of anilines is 1. The second kappa shape index (κ2) is 5.88. The Bertz CT molecular complexity index is 525. The quantitative estimate of drug-likeness (QED) is 0.880. The maximum Gasteiger partial charge on any atom is 0.240 e. The molecule has 0 bridgehead atoms. The van der Waals surface area contributed by atoms with Crippen molar-refractivity contribution >= 4 is 34.4 Å². The fourth-order valence-electron chi connectivity index (χ4n) is 1.66. The number of aryl methyl sites for hydroxylation is 1. The third kappa shape index (κ3) is 3.57. The monoisotopic (exact) mass is 277 g/mol. The molecule has 1 aromatic carbocycles. The standard InChI is InChI=1S/C13H15N3O2S/c1-8-3-5-9(6-4-8)15-11(17)7-10-12(18)16-13(14-2)19-10/h3-6,10H,7H2,1-2H3,(H,15,17)(H,14,16,18)/t10-/m0/s1. The number of hydrogen-bond acceptors (Lipinski definition) is 4. The number of amidine groups is 1. The van der Waals surface area contributed by atoms with Gasteiger partial charge < -0.3 is 10.6 Å². The Morgan fingerprint density at radius 2 is 2.11 bits per heavy atom. The minimum Gasteiger partial charge on any atom is -0.326 e. The van der Waals surface area contributed by atoms with Gasteiger partial charge in [0.05, 0.1) is 0 Å². The van der Waals surface area contributed by atoms with Crippen LogP contribution in [0.2, 0.25) is 0 Å². The van der Waals surface area contributed by atoms with E-state index in [4.69, 9.17) is 0 Å². The van der Waals surface area contributed by atoms with Crippen molar-refractivity contribution in [2.24, 2.45) is 4.99 Å². The van der Waals surface area contributed by atoms with Gasteiger partial charge in [-0.3, -0.25) is 14.6 Å². The highest BCUT2D eigenvalue weighted by Gasteiger charge is 2.31. The van der Waals surface area contributed by atoms with E-state index in [2.05, 4.69) is 15.6 Å². The maximum absolute atomic E-state index is 11.8. The first-order chi connectivity index (χ1) is 9.08. The van der Waals surface area contributed by atoms with Crippen LogP contribution in [0, 0.1) is 6.92 Å². The molecule has 0 aliphatic carbocycles. The van der Waals surface area contributed by atoms with Gasteiger partial charge in [-0.05, 0) is 19.1 Å². The number of nitrogens with one attached hydrogen (secondary N) is 2. The molecule has 1 fully saturated rings. The maximum atomic E-state index is 11.8. The molecule has 1 aromatic rings. The normalized spacial score (nSPS) is 20.4. The minimum absolute atomic E-state index is 0.142. The molecule has 0 saturated carbocycles. The van der Waals surface area contributed by atoms with Gasteiger partial charge in [0, 0.05) is 19.2 Å². The summed E-state index contributed by atoms with van der Waals surface area (Å²) in [5.41, 5.74) is 1.87. The molecule has 0 radical (unpaired) electrons.